The van der Waals surface area contributed by atoms with Crippen molar-refractivity contribution in [3.8, 4) is 5.75 Å². The number of fused-ring (bicyclic) bond motifs is 2. The van der Waals surface area contributed by atoms with Crippen LogP contribution in [0.2, 0.25) is 0 Å². The summed E-state index contributed by atoms with van der Waals surface area (Å²) in [4.78, 5) is 26.3. The van der Waals surface area contributed by atoms with E-state index in [4.69, 9.17) is 10.5 Å². The van der Waals surface area contributed by atoms with Gasteiger partial charge in [0.05, 0.1) is 30.4 Å². The van der Waals surface area contributed by atoms with Crippen LogP contribution >= 0.6 is 0 Å². The summed E-state index contributed by atoms with van der Waals surface area (Å²) >= 11 is 0. The summed E-state index contributed by atoms with van der Waals surface area (Å²) in [5.74, 6) is 1.77. The number of benzene rings is 1. The number of nitrogen functional groups attached to an aromatic ring is 1. The van der Waals surface area contributed by atoms with Crippen LogP contribution in [-0.2, 0) is 7.05 Å². The minimum Gasteiger partial charge on any atom is -0.496 e. The third kappa shape index (κ3) is 3.16. The zero-order chi connectivity index (χ0) is 22.6. The highest BCUT2D eigenvalue weighted by molar-refractivity contribution is 5.93. The Kier molecular flexibility index (Phi) is 4.77. The first-order chi connectivity index (χ1) is 15.4. The highest BCUT2D eigenvalue weighted by Gasteiger charge is 2.42. The molecule has 0 spiro atoms. The van der Waals surface area contributed by atoms with Crippen molar-refractivity contribution in [2.75, 3.05) is 42.4 Å². The number of nitrogens with two attached hydrogens (primary N) is 1. The smallest absolute Gasteiger partial charge is 0.339 e. The third-order valence-corrected chi connectivity index (χ3v) is 6.29. The molecule has 1 aromatic carbocycles. The van der Waals surface area contributed by atoms with Crippen molar-refractivity contribution in [2.24, 2.45) is 7.05 Å². The van der Waals surface area contributed by atoms with Gasteiger partial charge in [-0.3, -0.25) is 4.68 Å². The molecule has 0 bridgehead atoms. The molecule has 0 radical (unpaired) electrons. The Labute approximate surface area is 185 Å². The quantitative estimate of drug-likeness (QED) is 0.629. The number of carbonyl (C=O) groups excluding carboxylic acids is 1. The van der Waals surface area contributed by atoms with Crippen molar-refractivity contribution >= 4 is 34.5 Å². The fourth-order valence-corrected chi connectivity index (χ4v) is 4.59. The molecule has 11 heteroatoms. The number of ether oxygens (including phenoxy) is 1. The lowest BCUT2D eigenvalue weighted by molar-refractivity contribution is 0.129. The summed E-state index contributed by atoms with van der Waals surface area (Å²) in [6.45, 7) is 5.91. The average molecular weight is 438 g/mol. The molecule has 2 aliphatic heterocycles. The Bertz CT molecular complexity index is 1190. The van der Waals surface area contributed by atoms with E-state index in [1.807, 2.05) is 37.1 Å². The highest BCUT2D eigenvalue weighted by atomic mass is 16.5. The predicted octanol–water partition coefficient (Wildman–Crippen LogP) is 1.29. The van der Waals surface area contributed by atoms with E-state index in [-0.39, 0.29) is 24.1 Å². The van der Waals surface area contributed by atoms with Crippen molar-refractivity contribution in [3.05, 3.63) is 30.0 Å². The number of rotatable bonds is 3. The van der Waals surface area contributed by atoms with Crippen LogP contribution in [0.4, 0.5) is 22.2 Å². The molecule has 3 N–H and O–H groups in total. The van der Waals surface area contributed by atoms with Gasteiger partial charge in [-0.15, -0.1) is 0 Å². The van der Waals surface area contributed by atoms with Crippen LogP contribution < -0.4 is 25.8 Å². The fraction of sp³-hybridized carbons (Fsp3) is 0.429. The van der Waals surface area contributed by atoms with E-state index >= 15 is 0 Å². The van der Waals surface area contributed by atoms with Gasteiger partial charge in [0.25, 0.3) is 0 Å². The number of nitrogens with one attached hydrogen (secondary N) is 1. The maximum Gasteiger partial charge on any atom is 0.339 e. The van der Waals surface area contributed by atoms with Gasteiger partial charge in [0, 0.05) is 32.7 Å². The second-order valence-electron chi connectivity index (χ2n) is 8.31. The number of urea groups is 1. The minimum atomic E-state index is -0.0638. The van der Waals surface area contributed by atoms with Crippen LogP contribution in [-0.4, -0.2) is 69.5 Å². The summed E-state index contributed by atoms with van der Waals surface area (Å²) in [6, 6.07) is 5.67. The summed E-state index contributed by atoms with van der Waals surface area (Å²) < 4.78 is 7.04. The van der Waals surface area contributed by atoms with Crippen LogP contribution in [0, 0.1) is 6.92 Å². The fourth-order valence-electron chi connectivity index (χ4n) is 4.59. The number of hydrogen-bond donors (Lipinski definition) is 2. The Morgan fingerprint density at radius 3 is 2.81 bits per heavy atom. The molecule has 2 atom stereocenters. The molecular formula is C21H27N9O2. The summed E-state index contributed by atoms with van der Waals surface area (Å²) in [5, 5.41) is 6.79. The first kappa shape index (κ1) is 20.3. The van der Waals surface area contributed by atoms with Crippen molar-refractivity contribution in [1.82, 2.24) is 30.1 Å². The zero-order valence-electron chi connectivity index (χ0n) is 18.6. The highest BCUT2D eigenvalue weighted by Crippen LogP contribution is 2.31. The molecule has 32 heavy (non-hydrogen) atoms. The average Bonchev–Trinajstić information content (AvgIpc) is 3.15. The Morgan fingerprint density at radius 1 is 1.25 bits per heavy atom. The van der Waals surface area contributed by atoms with Gasteiger partial charge >= 0.3 is 6.03 Å². The second kappa shape index (κ2) is 7.52. The normalized spacial score (nSPS) is 21.2. The van der Waals surface area contributed by atoms with Crippen LogP contribution in [0.15, 0.2) is 24.4 Å². The van der Waals surface area contributed by atoms with Crippen molar-refractivity contribution in [1.29, 1.82) is 0 Å². The van der Waals surface area contributed by atoms with Gasteiger partial charge in [-0.1, -0.05) is 0 Å². The SMILES string of the molecule is COc1ccc(N2N[C@@H](C)[C@H]3CN(c4nc(N)nc5c4cnn5C)CCN3C2=O)cc1C. The van der Waals surface area contributed by atoms with Crippen LogP contribution in [0.25, 0.3) is 11.0 Å². The number of anilines is 3. The van der Waals surface area contributed by atoms with Crippen LogP contribution in [0.1, 0.15) is 12.5 Å². The topological polar surface area (TPSA) is 118 Å². The number of hydrazine groups is 1. The number of nitrogens with zero attached hydrogens (tertiary/aromatic N) is 7. The van der Waals surface area contributed by atoms with Gasteiger partial charge < -0.3 is 20.3 Å². The molecule has 11 nitrogen and oxygen atoms in total. The van der Waals surface area contributed by atoms with E-state index in [0.29, 0.717) is 25.3 Å². The van der Waals surface area contributed by atoms with Crippen LogP contribution in [0.3, 0.4) is 0 Å². The minimum absolute atomic E-state index is 0.0187. The molecule has 3 aromatic rings. The third-order valence-electron chi connectivity index (χ3n) is 6.29. The lowest BCUT2D eigenvalue weighted by Crippen LogP contribution is -2.72. The molecule has 0 aliphatic carbocycles. The summed E-state index contributed by atoms with van der Waals surface area (Å²) in [6.07, 6.45) is 1.76. The molecule has 2 aliphatic rings. The zero-order valence-corrected chi connectivity index (χ0v) is 18.6. The molecule has 168 valence electrons. The van der Waals surface area contributed by atoms with E-state index in [9.17, 15) is 4.79 Å². The van der Waals surface area contributed by atoms with Crippen molar-refractivity contribution < 1.29 is 9.53 Å². The molecule has 2 aromatic heterocycles. The first-order valence-electron chi connectivity index (χ1n) is 10.6. The Hall–Kier alpha value is -3.60. The molecule has 0 saturated carbocycles. The monoisotopic (exact) mass is 437 g/mol. The maximum atomic E-state index is 13.4. The number of hydrogen-bond acceptors (Lipinski definition) is 8. The molecular weight excluding hydrogens is 410 g/mol. The molecule has 4 heterocycles. The summed E-state index contributed by atoms with van der Waals surface area (Å²) in [7, 11) is 3.47. The van der Waals surface area contributed by atoms with Gasteiger partial charge in [-0.2, -0.15) is 15.1 Å². The maximum absolute atomic E-state index is 13.4. The number of aryl methyl sites for hydroxylation is 2. The van der Waals surface area contributed by atoms with Gasteiger partial charge in [-0.25, -0.2) is 15.2 Å². The molecule has 2 fully saturated rings. The van der Waals surface area contributed by atoms with Gasteiger partial charge in [-0.05, 0) is 37.6 Å². The first-order valence-corrected chi connectivity index (χ1v) is 10.6. The molecule has 5 rings (SSSR count). The van der Waals surface area contributed by atoms with E-state index in [0.717, 1.165) is 28.2 Å². The number of amides is 2. The number of piperazine rings is 1. The standard InChI is InChI=1S/C21H27N9O2/c1-12-9-14(5-6-17(12)32-4)30-21(31)29-8-7-28(11-16(29)13(2)26-30)19-15-10-23-27(3)18(15)24-20(22)25-19/h5-6,9-10,13,16,26H,7-8,11H2,1-4H3,(H2,22,24,25)/t13-,16+/m0/s1. The lowest BCUT2D eigenvalue weighted by atomic mass is 10.0. The van der Waals surface area contributed by atoms with Gasteiger partial charge in [0.2, 0.25) is 5.95 Å². The number of methoxy groups -OCH3 is 1. The van der Waals surface area contributed by atoms with Crippen molar-refractivity contribution in [3.63, 3.8) is 0 Å². The largest absolute Gasteiger partial charge is 0.496 e. The van der Waals surface area contributed by atoms with E-state index in [1.165, 1.54) is 0 Å². The number of carbonyl (C=O) groups is 1. The van der Waals surface area contributed by atoms with E-state index in [2.05, 4.69) is 32.3 Å². The second-order valence-corrected chi connectivity index (χ2v) is 8.31. The van der Waals surface area contributed by atoms with Gasteiger partial charge in [0.1, 0.15) is 11.6 Å². The summed E-state index contributed by atoms with van der Waals surface area (Å²) in [5.41, 5.74) is 11.8. The lowest BCUT2D eigenvalue weighted by Gasteiger charge is -2.50. The molecule has 2 amide bonds. The Balaban J connectivity index is 1.41. The van der Waals surface area contributed by atoms with Gasteiger partial charge in [0.15, 0.2) is 5.65 Å². The molecule has 2 saturated heterocycles. The van der Waals surface area contributed by atoms with E-state index < -0.39 is 0 Å². The van der Waals surface area contributed by atoms with Crippen molar-refractivity contribution in [2.45, 2.75) is 25.9 Å². The van der Waals surface area contributed by atoms with Crippen LogP contribution in [0.5, 0.6) is 5.75 Å². The molecule has 0 unspecified atom stereocenters. The Morgan fingerprint density at radius 2 is 2.06 bits per heavy atom. The van der Waals surface area contributed by atoms with E-state index in [1.54, 1.807) is 23.0 Å². The predicted molar refractivity (Wildman–Crippen MR) is 122 cm³/mol. The number of aromatic nitrogens is 4.